The predicted molar refractivity (Wildman–Crippen MR) is 82.4 cm³/mol. The van der Waals surface area contributed by atoms with Gasteiger partial charge < -0.3 is 10.8 Å². The zero-order valence-corrected chi connectivity index (χ0v) is 12.7. The minimum atomic E-state index is -0.704. The Morgan fingerprint density at radius 3 is 2.68 bits per heavy atom. The number of halogens is 1. The molecule has 1 heterocycles. The molecule has 0 amide bonds. The lowest BCUT2D eigenvalue weighted by Crippen LogP contribution is -1.97. The van der Waals surface area contributed by atoms with Crippen LogP contribution in [0.3, 0.4) is 0 Å². The maximum Gasteiger partial charge on any atom is 0.303 e. The molecule has 1 aromatic heterocycles. The zero-order valence-electron chi connectivity index (χ0n) is 11.1. The molecule has 0 aliphatic heterocycles. The highest BCUT2D eigenvalue weighted by Gasteiger charge is 2.17. The summed E-state index contributed by atoms with van der Waals surface area (Å²) in [5.74, 6) is -0.704. The van der Waals surface area contributed by atoms with Gasteiger partial charge in [-0.1, -0.05) is 6.42 Å². The van der Waals surface area contributed by atoms with Crippen LogP contribution in [0.1, 0.15) is 53.8 Å². The van der Waals surface area contributed by atoms with E-state index in [0.29, 0.717) is 0 Å². The lowest BCUT2D eigenvalue weighted by atomic mass is 10.1. The van der Waals surface area contributed by atoms with Crippen LogP contribution in [0, 0.1) is 0 Å². The van der Waals surface area contributed by atoms with Crippen molar-refractivity contribution in [3.63, 3.8) is 0 Å². The molecule has 3 N–H and O–H groups in total. The molecule has 0 spiro atoms. The van der Waals surface area contributed by atoms with E-state index < -0.39 is 5.97 Å². The van der Waals surface area contributed by atoms with Gasteiger partial charge in [0.1, 0.15) is 0 Å². The Labute approximate surface area is 124 Å². The third-order valence-electron chi connectivity index (χ3n) is 3.58. The van der Waals surface area contributed by atoms with Crippen molar-refractivity contribution in [2.75, 3.05) is 5.73 Å². The van der Waals surface area contributed by atoms with Gasteiger partial charge in [0.15, 0.2) is 0 Å². The molecular weight excluding hydrogens is 282 g/mol. The number of unbranched alkanes of at least 4 members (excludes halogenated alkanes) is 1. The standard InChI is InChI=1S/C14H21NO2S.ClH/c15-14-10-6-2-1-3-7-11(10)18-12(14)8-4-5-9-13(16)17;/h1-9,15H2,(H,16,17);1H. The van der Waals surface area contributed by atoms with Gasteiger partial charge in [-0.2, -0.15) is 0 Å². The lowest BCUT2D eigenvalue weighted by Gasteiger charge is -2.01. The normalized spacial score (nSPS) is 14.3. The highest BCUT2D eigenvalue weighted by Crippen LogP contribution is 2.36. The summed E-state index contributed by atoms with van der Waals surface area (Å²) in [4.78, 5) is 13.2. The second-order valence-corrected chi connectivity index (χ2v) is 6.19. The number of carboxylic acids is 1. The molecular formula is C14H22ClNO2S. The molecule has 108 valence electrons. The van der Waals surface area contributed by atoms with Crippen molar-refractivity contribution in [2.45, 2.75) is 57.8 Å². The first kappa shape index (κ1) is 16.3. The number of nitrogen functional groups attached to an aromatic ring is 1. The van der Waals surface area contributed by atoms with Crippen molar-refractivity contribution in [2.24, 2.45) is 0 Å². The van der Waals surface area contributed by atoms with Crippen LogP contribution in [0.25, 0.3) is 0 Å². The highest BCUT2D eigenvalue weighted by atomic mass is 35.5. The molecule has 0 fully saturated rings. The Morgan fingerprint density at radius 2 is 1.95 bits per heavy atom. The van der Waals surface area contributed by atoms with Crippen LogP contribution in [0.4, 0.5) is 5.69 Å². The second kappa shape index (κ2) is 7.75. The van der Waals surface area contributed by atoms with E-state index in [1.807, 2.05) is 11.3 Å². The number of rotatable bonds is 5. The smallest absolute Gasteiger partial charge is 0.303 e. The number of aryl methyl sites for hydroxylation is 2. The van der Waals surface area contributed by atoms with Crippen molar-refractivity contribution in [3.05, 3.63) is 15.3 Å². The molecule has 0 saturated heterocycles. The van der Waals surface area contributed by atoms with Crippen LogP contribution in [-0.2, 0) is 24.1 Å². The van der Waals surface area contributed by atoms with Crippen LogP contribution in [0.2, 0.25) is 0 Å². The van der Waals surface area contributed by atoms with Crippen LogP contribution >= 0.6 is 23.7 Å². The Bertz CT molecular complexity index is 431. The first-order valence-electron chi connectivity index (χ1n) is 6.79. The number of nitrogens with two attached hydrogens (primary N) is 1. The van der Waals surface area contributed by atoms with Crippen LogP contribution in [-0.4, -0.2) is 11.1 Å². The van der Waals surface area contributed by atoms with Gasteiger partial charge in [-0.3, -0.25) is 4.79 Å². The van der Waals surface area contributed by atoms with Crippen LogP contribution < -0.4 is 5.73 Å². The first-order chi connectivity index (χ1) is 8.68. The summed E-state index contributed by atoms with van der Waals surface area (Å²) >= 11 is 1.86. The molecule has 3 nitrogen and oxygen atoms in total. The molecule has 0 radical (unpaired) electrons. The Balaban J connectivity index is 0.00000180. The van der Waals surface area contributed by atoms with Gasteiger partial charge in [0.2, 0.25) is 0 Å². The van der Waals surface area contributed by atoms with Crippen LogP contribution in [0.5, 0.6) is 0 Å². The largest absolute Gasteiger partial charge is 0.481 e. The van der Waals surface area contributed by atoms with Gasteiger partial charge in [-0.25, -0.2) is 0 Å². The average Bonchev–Trinajstić information content (AvgIpc) is 2.53. The topological polar surface area (TPSA) is 63.3 Å². The summed E-state index contributed by atoms with van der Waals surface area (Å²) in [6.45, 7) is 0. The summed E-state index contributed by atoms with van der Waals surface area (Å²) in [5.41, 5.74) is 8.63. The number of thiophene rings is 1. The highest BCUT2D eigenvalue weighted by molar-refractivity contribution is 7.12. The molecule has 5 heteroatoms. The molecule has 0 bridgehead atoms. The summed E-state index contributed by atoms with van der Waals surface area (Å²) in [7, 11) is 0. The summed E-state index contributed by atoms with van der Waals surface area (Å²) in [5, 5.41) is 8.61. The zero-order chi connectivity index (χ0) is 13.0. The van der Waals surface area contributed by atoms with E-state index in [1.165, 1.54) is 41.0 Å². The third-order valence-corrected chi connectivity index (χ3v) is 4.95. The number of hydrogen-bond acceptors (Lipinski definition) is 3. The van der Waals surface area contributed by atoms with E-state index >= 15 is 0 Å². The molecule has 19 heavy (non-hydrogen) atoms. The van der Waals surface area contributed by atoms with Gasteiger partial charge >= 0.3 is 5.97 Å². The van der Waals surface area contributed by atoms with Crippen molar-refractivity contribution < 1.29 is 9.90 Å². The van der Waals surface area contributed by atoms with Crippen LogP contribution in [0.15, 0.2) is 0 Å². The Hall–Kier alpha value is -0.740. The van der Waals surface area contributed by atoms with Gasteiger partial charge in [-0.15, -0.1) is 23.7 Å². The molecule has 1 aliphatic carbocycles. The summed E-state index contributed by atoms with van der Waals surface area (Å²) < 4.78 is 0. The Morgan fingerprint density at radius 1 is 1.21 bits per heavy atom. The van der Waals surface area contributed by atoms with Gasteiger partial charge in [0, 0.05) is 21.9 Å². The molecule has 0 unspecified atom stereocenters. The van der Waals surface area contributed by atoms with Crippen molar-refractivity contribution in [1.29, 1.82) is 0 Å². The molecule has 0 saturated carbocycles. The fourth-order valence-electron chi connectivity index (χ4n) is 2.57. The quantitative estimate of drug-likeness (QED) is 0.642. The van der Waals surface area contributed by atoms with E-state index in [0.717, 1.165) is 31.4 Å². The summed E-state index contributed by atoms with van der Waals surface area (Å²) in [6.07, 6.45) is 9.05. The summed E-state index contributed by atoms with van der Waals surface area (Å²) in [6, 6.07) is 0. The first-order valence-corrected chi connectivity index (χ1v) is 7.61. The Kier molecular flexibility index (Phi) is 6.66. The van der Waals surface area contributed by atoms with Crippen molar-refractivity contribution in [3.8, 4) is 0 Å². The van der Waals surface area contributed by atoms with E-state index in [1.54, 1.807) is 0 Å². The number of aliphatic carboxylic acids is 1. The van der Waals surface area contributed by atoms with E-state index in [4.69, 9.17) is 10.8 Å². The number of carbonyl (C=O) groups is 1. The van der Waals surface area contributed by atoms with Crippen molar-refractivity contribution in [1.82, 2.24) is 0 Å². The fourth-order valence-corrected chi connectivity index (χ4v) is 3.93. The molecule has 1 aliphatic rings. The van der Waals surface area contributed by atoms with E-state index in [9.17, 15) is 4.79 Å². The molecule has 0 atom stereocenters. The second-order valence-electron chi connectivity index (χ2n) is 5.00. The van der Waals surface area contributed by atoms with Gasteiger partial charge in [-0.05, 0) is 50.5 Å². The molecule has 2 rings (SSSR count). The van der Waals surface area contributed by atoms with Crippen molar-refractivity contribution >= 4 is 35.4 Å². The average molecular weight is 304 g/mol. The number of fused-ring (bicyclic) bond motifs is 1. The third kappa shape index (κ3) is 4.39. The number of anilines is 1. The van der Waals surface area contributed by atoms with Gasteiger partial charge in [0.05, 0.1) is 0 Å². The fraction of sp³-hybridized carbons (Fsp3) is 0.643. The van der Waals surface area contributed by atoms with E-state index in [-0.39, 0.29) is 18.8 Å². The van der Waals surface area contributed by atoms with Gasteiger partial charge in [0.25, 0.3) is 0 Å². The maximum absolute atomic E-state index is 10.5. The predicted octanol–water partition coefficient (Wildman–Crippen LogP) is 3.82. The monoisotopic (exact) mass is 303 g/mol. The molecule has 0 aromatic carbocycles. The lowest BCUT2D eigenvalue weighted by molar-refractivity contribution is -0.137. The minimum absolute atomic E-state index is 0. The number of hydrogen-bond donors (Lipinski definition) is 2. The SMILES string of the molecule is Cl.Nc1c(CCCCC(=O)O)sc2c1CCCCC2. The minimum Gasteiger partial charge on any atom is -0.481 e. The maximum atomic E-state index is 10.5. The number of carboxylic acid groups (broad SMARTS) is 1. The molecule has 1 aromatic rings. The van der Waals surface area contributed by atoms with E-state index in [2.05, 4.69) is 0 Å².